The Labute approximate surface area is 460 Å². The number of allylic oxidation sites excluding steroid dienone is 8. The zero-order valence-corrected chi connectivity index (χ0v) is 49.6. The van der Waals surface area contributed by atoms with E-state index in [1.54, 1.807) is 0 Å². The molecule has 0 spiro atoms. The molecule has 1 unspecified atom stereocenters. The van der Waals surface area contributed by atoms with Crippen LogP contribution in [0.1, 0.15) is 348 Å². The highest BCUT2D eigenvalue weighted by molar-refractivity contribution is 5.71. The Bertz CT molecular complexity index is 1280. The zero-order chi connectivity index (χ0) is 53.6. The molecule has 0 aliphatic rings. The third-order valence-electron chi connectivity index (χ3n) is 14.6. The fourth-order valence-electron chi connectivity index (χ4n) is 9.62. The maximum atomic E-state index is 12.9. The Hall–Kier alpha value is -2.63. The quantitative estimate of drug-likeness (QED) is 0.0261. The third-order valence-corrected chi connectivity index (χ3v) is 14.6. The SMILES string of the molecule is CCCCCCC/C=C\C/C=C\C/C=C\CCCCCCCCCCC(=O)OCC(COC(=O)CCCCCCC/C=C\CCCCCCC)OC(=O)CCCCCCCCCCCCCCCCCCCCC. The van der Waals surface area contributed by atoms with Crippen molar-refractivity contribution in [2.24, 2.45) is 0 Å². The molecule has 1 atom stereocenters. The van der Waals surface area contributed by atoms with Crippen LogP contribution in [0.25, 0.3) is 0 Å². The molecule has 0 saturated carbocycles. The summed E-state index contributed by atoms with van der Waals surface area (Å²) in [5.74, 6) is -0.869. The van der Waals surface area contributed by atoms with Crippen LogP contribution in [0.15, 0.2) is 48.6 Å². The maximum Gasteiger partial charge on any atom is 0.306 e. The molecular formula is C68H124O6. The molecule has 6 heteroatoms. The molecular weight excluding hydrogens is 913 g/mol. The molecule has 0 aromatic carbocycles. The van der Waals surface area contributed by atoms with Gasteiger partial charge in [-0.05, 0) is 83.5 Å². The van der Waals surface area contributed by atoms with E-state index in [2.05, 4.69) is 69.4 Å². The van der Waals surface area contributed by atoms with E-state index in [0.717, 1.165) is 83.5 Å². The second kappa shape index (κ2) is 62.9. The van der Waals surface area contributed by atoms with Gasteiger partial charge >= 0.3 is 17.9 Å². The summed E-state index contributed by atoms with van der Waals surface area (Å²) >= 11 is 0. The lowest BCUT2D eigenvalue weighted by atomic mass is 10.0. The lowest BCUT2D eigenvalue weighted by Crippen LogP contribution is -2.30. The largest absolute Gasteiger partial charge is 0.462 e. The van der Waals surface area contributed by atoms with Crippen molar-refractivity contribution in [3.8, 4) is 0 Å². The van der Waals surface area contributed by atoms with Gasteiger partial charge in [0, 0.05) is 19.3 Å². The van der Waals surface area contributed by atoms with Crippen LogP contribution in [0.2, 0.25) is 0 Å². The molecule has 0 aliphatic carbocycles. The summed E-state index contributed by atoms with van der Waals surface area (Å²) in [6.07, 6.45) is 78.3. The van der Waals surface area contributed by atoms with Crippen molar-refractivity contribution >= 4 is 17.9 Å². The summed E-state index contributed by atoms with van der Waals surface area (Å²) in [4.78, 5) is 38.3. The summed E-state index contributed by atoms with van der Waals surface area (Å²) in [7, 11) is 0. The van der Waals surface area contributed by atoms with Gasteiger partial charge < -0.3 is 14.2 Å². The molecule has 0 radical (unpaired) electrons. The van der Waals surface area contributed by atoms with E-state index in [-0.39, 0.29) is 31.1 Å². The fourth-order valence-corrected chi connectivity index (χ4v) is 9.62. The Morgan fingerprint density at radius 1 is 0.270 bits per heavy atom. The minimum absolute atomic E-state index is 0.0762. The number of rotatable bonds is 60. The highest BCUT2D eigenvalue weighted by Gasteiger charge is 2.19. The molecule has 0 aliphatic heterocycles. The number of unbranched alkanes of at least 4 members (excludes halogenated alkanes) is 41. The first-order valence-electron chi connectivity index (χ1n) is 32.6. The van der Waals surface area contributed by atoms with E-state index in [9.17, 15) is 14.4 Å². The van der Waals surface area contributed by atoms with Crippen LogP contribution in [0.4, 0.5) is 0 Å². The summed E-state index contributed by atoms with van der Waals surface area (Å²) in [6.45, 7) is 6.66. The van der Waals surface area contributed by atoms with E-state index < -0.39 is 6.10 Å². The average Bonchev–Trinajstić information content (AvgIpc) is 3.40. The number of esters is 3. The molecule has 0 rings (SSSR count). The van der Waals surface area contributed by atoms with E-state index in [1.165, 1.54) is 225 Å². The second-order valence-corrected chi connectivity index (χ2v) is 22.0. The number of hydrogen-bond donors (Lipinski definition) is 0. The predicted molar refractivity (Wildman–Crippen MR) is 321 cm³/mol. The van der Waals surface area contributed by atoms with Gasteiger partial charge in [-0.15, -0.1) is 0 Å². The summed E-state index contributed by atoms with van der Waals surface area (Å²) in [5, 5.41) is 0. The van der Waals surface area contributed by atoms with E-state index in [4.69, 9.17) is 14.2 Å². The zero-order valence-electron chi connectivity index (χ0n) is 49.6. The summed E-state index contributed by atoms with van der Waals surface area (Å²) < 4.78 is 16.9. The van der Waals surface area contributed by atoms with Gasteiger partial charge in [-0.1, -0.05) is 294 Å². The van der Waals surface area contributed by atoms with Crippen LogP contribution in [0.3, 0.4) is 0 Å². The van der Waals surface area contributed by atoms with Gasteiger partial charge in [-0.25, -0.2) is 0 Å². The van der Waals surface area contributed by atoms with E-state index in [0.29, 0.717) is 19.3 Å². The average molecular weight is 1040 g/mol. The Morgan fingerprint density at radius 3 is 0.770 bits per heavy atom. The van der Waals surface area contributed by atoms with Crippen molar-refractivity contribution in [2.45, 2.75) is 354 Å². The lowest BCUT2D eigenvalue weighted by molar-refractivity contribution is -0.167. The summed E-state index contributed by atoms with van der Waals surface area (Å²) in [5.41, 5.74) is 0. The lowest BCUT2D eigenvalue weighted by Gasteiger charge is -2.18. The first-order chi connectivity index (χ1) is 36.5. The first-order valence-corrected chi connectivity index (χ1v) is 32.6. The fraction of sp³-hybridized carbons (Fsp3) is 0.838. The minimum atomic E-state index is -0.778. The smallest absolute Gasteiger partial charge is 0.306 e. The van der Waals surface area contributed by atoms with Crippen molar-refractivity contribution in [1.29, 1.82) is 0 Å². The minimum Gasteiger partial charge on any atom is -0.462 e. The molecule has 0 N–H and O–H groups in total. The van der Waals surface area contributed by atoms with Crippen LogP contribution < -0.4 is 0 Å². The Morgan fingerprint density at radius 2 is 0.486 bits per heavy atom. The highest BCUT2D eigenvalue weighted by atomic mass is 16.6. The van der Waals surface area contributed by atoms with Crippen LogP contribution in [-0.4, -0.2) is 37.2 Å². The first kappa shape index (κ1) is 71.4. The predicted octanol–water partition coefficient (Wildman–Crippen LogP) is 22.2. The molecule has 0 aromatic heterocycles. The Balaban J connectivity index is 4.32. The van der Waals surface area contributed by atoms with E-state index in [1.807, 2.05) is 0 Å². The van der Waals surface area contributed by atoms with Crippen molar-refractivity contribution in [3.63, 3.8) is 0 Å². The van der Waals surface area contributed by atoms with Gasteiger partial charge in [0.25, 0.3) is 0 Å². The van der Waals surface area contributed by atoms with Gasteiger partial charge in [0.1, 0.15) is 13.2 Å². The number of hydrogen-bond acceptors (Lipinski definition) is 6. The van der Waals surface area contributed by atoms with Gasteiger partial charge in [-0.3, -0.25) is 14.4 Å². The van der Waals surface area contributed by atoms with Crippen molar-refractivity contribution < 1.29 is 28.6 Å². The van der Waals surface area contributed by atoms with Gasteiger partial charge in [-0.2, -0.15) is 0 Å². The standard InChI is InChI=1S/C68H124O6/c1-4-7-10-13-16-19-22-25-28-30-32-33-34-35-37-38-40-43-46-49-52-55-58-61-67(70)73-64-65(63-72-66(69)60-57-54-51-48-45-42-27-24-21-18-15-12-9-6-3)74-68(71)62-59-56-53-50-47-44-41-39-36-31-29-26-23-20-17-14-11-8-5-2/h22,24-25,27,30,32,34-35,65H,4-21,23,26,28-29,31,33,36-64H2,1-3H3/b25-22-,27-24-,32-30-,35-34-. The number of carbonyl (C=O) groups excluding carboxylic acids is 3. The number of carbonyl (C=O) groups is 3. The van der Waals surface area contributed by atoms with Crippen LogP contribution in [0, 0.1) is 0 Å². The van der Waals surface area contributed by atoms with Crippen molar-refractivity contribution in [1.82, 2.24) is 0 Å². The third kappa shape index (κ3) is 60.2. The molecule has 0 amide bonds. The molecule has 0 fully saturated rings. The second-order valence-electron chi connectivity index (χ2n) is 22.0. The molecule has 0 bridgehead atoms. The van der Waals surface area contributed by atoms with E-state index >= 15 is 0 Å². The van der Waals surface area contributed by atoms with Gasteiger partial charge in [0.15, 0.2) is 6.10 Å². The maximum absolute atomic E-state index is 12.9. The van der Waals surface area contributed by atoms with Crippen LogP contribution in [-0.2, 0) is 28.6 Å². The molecule has 0 aromatic rings. The molecule has 432 valence electrons. The number of ether oxygens (including phenoxy) is 3. The van der Waals surface area contributed by atoms with Gasteiger partial charge in [0.2, 0.25) is 0 Å². The molecule has 74 heavy (non-hydrogen) atoms. The van der Waals surface area contributed by atoms with Crippen LogP contribution in [0.5, 0.6) is 0 Å². The molecule has 6 nitrogen and oxygen atoms in total. The molecule has 0 saturated heterocycles. The van der Waals surface area contributed by atoms with Crippen molar-refractivity contribution in [2.75, 3.05) is 13.2 Å². The monoisotopic (exact) mass is 1040 g/mol. The Kier molecular flexibility index (Phi) is 60.7. The van der Waals surface area contributed by atoms with Crippen LogP contribution >= 0.6 is 0 Å². The van der Waals surface area contributed by atoms with Crippen molar-refractivity contribution in [3.05, 3.63) is 48.6 Å². The summed E-state index contributed by atoms with van der Waals surface area (Å²) in [6, 6.07) is 0. The highest BCUT2D eigenvalue weighted by Crippen LogP contribution is 2.17. The normalized spacial score (nSPS) is 12.3. The van der Waals surface area contributed by atoms with Gasteiger partial charge in [0.05, 0.1) is 0 Å². The molecule has 0 heterocycles. The topological polar surface area (TPSA) is 78.9 Å².